The minimum absolute atomic E-state index is 0.0366. The van der Waals surface area contributed by atoms with Crippen molar-refractivity contribution in [3.8, 4) is 17.6 Å². The lowest BCUT2D eigenvalue weighted by molar-refractivity contribution is -0.385. The van der Waals surface area contributed by atoms with E-state index in [-0.39, 0.29) is 11.4 Å². The summed E-state index contributed by atoms with van der Waals surface area (Å²) in [7, 11) is 0. The maximum Gasteiger partial charge on any atom is 0.311 e. The molecule has 0 aliphatic rings. The summed E-state index contributed by atoms with van der Waals surface area (Å²) >= 11 is 0. The van der Waals surface area contributed by atoms with E-state index < -0.39 is 4.92 Å². The summed E-state index contributed by atoms with van der Waals surface area (Å²) < 4.78 is 5.48. The van der Waals surface area contributed by atoms with Crippen molar-refractivity contribution >= 4 is 5.69 Å². The van der Waals surface area contributed by atoms with Gasteiger partial charge in [0, 0.05) is 18.7 Å². The van der Waals surface area contributed by atoms with Gasteiger partial charge in [0.05, 0.1) is 16.6 Å². The summed E-state index contributed by atoms with van der Waals surface area (Å²) in [5.41, 5.74) is 6.52. The molecule has 2 aromatic rings. The summed E-state index contributed by atoms with van der Waals surface area (Å²) in [6, 6.07) is 12.8. The highest BCUT2D eigenvalue weighted by Crippen LogP contribution is 2.32. The number of nitrogens with zero attached hydrogens (tertiary/aromatic N) is 2. The van der Waals surface area contributed by atoms with Crippen LogP contribution in [0.4, 0.5) is 5.69 Å². The fourth-order valence-corrected chi connectivity index (χ4v) is 1.64. The normalized spacial score (nSPS) is 9.80. The minimum atomic E-state index is -0.551. The highest BCUT2D eigenvalue weighted by atomic mass is 16.6. The Hall–Kier alpha value is -2.91. The maximum atomic E-state index is 10.9. The first-order valence-electron chi connectivity index (χ1n) is 5.79. The molecule has 0 saturated heterocycles. The van der Waals surface area contributed by atoms with Crippen LogP contribution in [0.3, 0.4) is 0 Å². The van der Waals surface area contributed by atoms with Gasteiger partial charge in [-0.25, -0.2) is 0 Å². The van der Waals surface area contributed by atoms with Gasteiger partial charge >= 0.3 is 5.69 Å². The molecule has 0 radical (unpaired) electrons. The lowest BCUT2D eigenvalue weighted by Crippen LogP contribution is -1.96. The lowest BCUT2D eigenvalue weighted by atomic mass is 10.2. The Kier molecular flexibility index (Phi) is 3.93. The monoisotopic (exact) mass is 269 g/mol. The van der Waals surface area contributed by atoms with Gasteiger partial charge in [-0.15, -0.1) is 0 Å². The number of ether oxygens (including phenoxy) is 1. The van der Waals surface area contributed by atoms with Gasteiger partial charge in [0.2, 0.25) is 5.75 Å². The zero-order valence-electron chi connectivity index (χ0n) is 10.4. The van der Waals surface area contributed by atoms with E-state index in [9.17, 15) is 10.1 Å². The van der Waals surface area contributed by atoms with Crippen LogP contribution in [0.15, 0.2) is 42.5 Å². The van der Waals surface area contributed by atoms with Crippen LogP contribution in [-0.2, 0) is 6.54 Å². The van der Waals surface area contributed by atoms with E-state index in [1.807, 2.05) is 6.07 Å². The second kappa shape index (κ2) is 5.82. The molecule has 0 unspecified atom stereocenters. The van der Waals surface area contributed by atoms with Crippen molar-refractivity contribution in [1.29, 1.82) is 5.26 Å². The van der Waals surface area contributed by atoms with Gasteiger partial charge in [0.25, 0.3) is 0 Å². The molecule has 0 fully saturated rings. The van der Waals surface area contributed by atoms with Crippen molar-refractivity contribution in [2.45, 2.75) is 6.54 Å². The zero-order chi connectivity index (χ0) is 14.5. The van der Waals surface area contributed by atoms with Gasteiger partial charge in [-0.2, -0.15) is 5.26 Å². The van der Waals surface area contributed by atoms with E-state index in [1.54, 1.807) is 24.3 Å². The van der Waals surface area contributed by atoms with Gasteiger partial charge in [0.15, 0.2) is 0 Å². The Morgan fingerprint density at radius 2 is 1.95 bits per heavy atom. The smallest absolute Gasteiger partial charge is 0.311 e. The highest BCUT2D eigenvalue weighted by molar-refractivity contribution is 5.53. The molecule has 0 aliphatic heterocycles. The number of benzene rings is 2. The van der Waals surface area contributed by atoms with E-state index in [2.05, 4.69) is 0 Å². The summed E-state index contributed by atoms with van der Waals surface area (Å²) in [6.45, 7) is 0.407. The molecule has 0 amide bonds. The molecule has 0 spiro atoms. The second-order valence-electron chi connectivity index (χ2n) is 4.00. The summed E-state index contributed by atoms with van der Waals surface area (Å²) in [4.78, 5) is 10.4. The van der Waals surface area contributed by atoms with E-state index in [4.69, 9.17) is 15.7 Å². The van der Waals surface area contributed by atoms with Gasteiger partial charge in [0.1, 0.15) is 5.75 Å². The van der Waals surface area contributed by atoms with Crippen LogP contribution < -0.4 is 10.5 Å². The van der Waals surface area contributed by atoms with Crippen molar-refractivity contribution in [3.05, 3.63) is 63.7 Å². The predicted octanol–water partition coefficient (Wildman–Crippen LogP) is 2.72. The fourth-order valence-electron chi connectivity index (χ4n) is 1.64. The third kappa shape index (κ3) is 2.91. The summed E-state index contributed by atoms with van der Waals surface area (Å²) in [6.07, 6.45) is 0. The predicted molar refractivity (Wildman–Crippen MR) is 72.2 cm³/mol. The number of nitro groups is 1. The third-order valence-electron chi connectivity index (χ3n) is 2.67. The first-order chi connectivity index (χ1) is 9.63. The Balaban J connectivity index is 2.35. The van der Waals surface area contributed by atoms with Crippen LogP contribution in [0, 0.1) is 21.4 Å². The number of hydrogen-bond acceptors (Lipinski definition) is 5. The molecule has 6 nitrogen and oxygen atoms in total. The van der Waals surface area contributed by atoms with Gasteiger partial charge in [-0.1, -0.05) is 12.1 Å². The Morgan fingerprint density at radius 3 is 2.50 bits per heavy atom. The van der Waals surface area contributed by atoms with E-state index in [0.29, 0.717) is 17.9 Å². The van der Waals surface area contributed by atoms with E-state index in [0.717, 1.165) is 5.56 Å². The summed E-state index contributed by atoms with van der Waals surface area (Å²) in [5.74, 6) is 0.481. The van der Waals surface area contributed by atoms with Gasteiger partial charge in [-0.05, 0) is 23.8 Å². The average molecular weight is 269 g/mol. The topological polar surface area (TPSA) is 102 Å². The minimum Gasteiger partial charge on any atom is -0.450 e. The van der Waals surface area contributed by atoms with Crippen molar-refractivity contribution in [3.63, 3.8) is 0 Å². The molecule has 0 atom stereocenters. The van der Waals surface area contributed by atoms with Crippen LogP contribution in [0.5, 0.6) is 11.5 Å². The molecule has 0 bridgehead atoms. The average Bonchev–Trinajstić information content (AvgIpc) is 2.47. The number of nitrogens with two attached hydrogens (primary N) is 1. The molecule has 0 aromatic heterocycles. The molecular formula is C14H11N3O3. The molecule has 2 aromatic carbocycles. The second-order valence-corrected chi connectivity index (χ2v) is 4.00. The first kappa shape index (κ1) is 13.5. The maximum absolute atomic E-state index is 10.9. The van der Waals surface area contributed by atoms with Gasteiger partial charge < -0.3 is 10.5 Å². The van der Waals surface area contributed by atoms with Crippen LogP contribution in [0.1, 0.15) is 11.1 Å². The van der Waals surface area contributed by atoms with Gasteiger partial charge in [-0.3, -0.25) is 10.1 Å². The zero-order valence-corrected chi connectivity index (χ0v) is 10.4. The molecule has 20 heavy (non-hydrogen) atoms. The van der Waals surface area contributed by atoms with Crippen LogP contribution in [-0.4, -0.2) is 4.92 Å². The number of nitro benzene ring substituents is 1. The first-order valence-corrected chi connectivity index (χ1v) is 5.79. The quantitative estimate of drug-likeness (QED) is 0.679. The molecule has 2 N–H and O–H groups in total. The van der Waals surface area contributed by atoms with E-state index >= 15 is 0 Å². The fraction of sp³-hybridized carbons (Fsp3) is 0.0714. The van der Waals surface area contributed by atoms with Crippen molar-refractivity contribution < 1.29 is 9.66 Å². The number of hydrogen-bond donors (Lipinski definition) is 1. The highest BCUT2D eigenvalue weighted by Gasteiger charge is 2.16. The van der Waals surface area contributed by atoms with Crippen LogP contribution in [0.25, 0.3) is 0 Å². The molecule has 6 heteroatoms. The Labute approximate surface area is 115 Å². The number of nitriles is 1. The van der Waals surface area contributed by atoms with Crippen molar-refractivity contribution in [2.24, 2.45) is 5.73 Å². The standard InChI is InChI=1S/C14H11N3O3/c15-8-10-1-4-12(5-2-10)20-14-7-11(9-16)3-6-13(14)17(18)19/h1-7H,8,15H2. The van der Waals surface area contributed by atoms with Crippen molar-refractivity contribution in [1.82, 2.24) is 0 Å². The lowest BCUT2D eigenvalue weighted by Gasteiger charge is -2.07. The molecular weight excluding hydrogens is 258 g/mol. The largest absolute Gasteiger partial charge is 0.450 e. The third-order valence-corrected chi connectivity index (χ3v) is 2.67. The summed E-state index contributed by atoms with van der Waals surface area (Å²) in [5, 5.41) is 19.8. The SMILES string of the molecule is N#Cc1ccc([N+](=O)[O-])c(Oc2ccc(CN)cc2)c1. The van der Waals surface area contributed by atoms with Crippen LogP contribution in [0.2, 0.25) is 0 Å². The Bertz CT molecular complexity index is 675. The van der Waals surface area contributed by atoms with Crippen molar-refractivity contribution in [2.75, 3.05) is 0 Å². The molecule has 0 aliphatic carbocycles. The molecule has 100 valence electrons. The molecule has 2 rings (SSSR count). The molecule has 0 heterocycles. The number of rotatable bonds is 4. The van der Waals surface area contributed by atoms with Crippen LogP contribution >= 0.6 is 0 Å². The Morgan fingerprint density at radius 1 is 1.25 bits per heavy atom. The van der Waals surface area contributed by atoms with E-state index in [1.165, 1.54) is 18.2 Å². The molecule has 0 saturated carbocycles.